The summed E-state index contributed by atoms with van der Waals surface area (Å²) in [5, 5.41) is 4.44. The van der Waals surface area contributed by atoms with E-state index >= 15 is 0 Å². The van der Waals surface area contributed by atoms with E-state index in [1.165, 1.54) is 37.2 Å². The van der Waals surface area contributed by atoms with Gasteiger partial charge >= 0.3 is 0 Å². The van der Waals surface area contributed by atoms with Crippen LogP contribution in [0.4, 0.5) is 5.13 Å². The van der Waals surface area contributed by atoms with Crippen LogP contribution < -0.4 is 5.32 Å². The molecule has 4 nitrogen and oxygen atoms in total. The number of aryl methyl sites for hydroxylation is 1. The smallest absolute Gasteiger partial charge is 0.202 e. The fraction of sp³-hybridized carbons (Fsp3) is 0.833. The molecule has 0 bridgehead atoms. The third-order valence-electron chi connectivity index (χ3n) is 3.46. The minimum Gasteiger partial charge on any atom is -0.360 e. The normalized spacial score (nSPS) is 18.8. The Morgan fingerprint density at radius 2 is 2.06 bits per heavy atom. The van der Waals surface area contributed by atoms with Crippen molar-refractivity contribution in [3.63, 3.8) is 0 Å². The molecule has 1 N–H and O–H groups in total. The highest BCUT2D eigenvalue weighted by molar-refractivity contribution is 7.09. The zero-order valence-electron chi connectivity index (χ0n) is 11.0. The largest absolute Gasteiger partial charge is 0.360 e. The first-order valence-electron chi connectivity index (χ1n) is 6.29. The van der Waals surface area contributed by atoms with Crippen molar-refractivity contribution in [1.82, 2.24) is 14.3 Å². The van der Waals surface area contributed by atoms with Crippen LogP contribution in [0.25, 0.3) is 0 Å². The van der Waals surface area contributed by atoms with Gasteiger partial charge < -0.3 is 10.2 Å². The maximum atomic E-state index is 4.36. The summed E-state index contributed by atoms with van der Waals surface area (Å²) in [7, 11) is 4.32. The van der Waals surface area contributed by atoms with Gasteiger partial charge in [-0.15, -0.1) is 0 Å². The summed E-state index contributed by atoms with van der Waals surface area (Å²) in [6.07, 6.45) is 5.39. The van der Waals surface area contributed by atoms with Crippen LogP contribution in [0.3, 0.4) is 0 Å². The predicted octanol–water partition coefficient (Wildman–Crippen LogP) is 2.38. The topological polar surface area (TPSA) is 41.1 Å². The van der Waals surface area contributed by atoms with Gasteiger partial charge in [0.1, 0.15) is 5.82 Å². The van der Waals surface area contributed by atoms with Gasteiger partial charge in [0.25, 0.3) is 0 Å². The SMILES string of the molecule is Cc1nsc(NCC2(CN(C)C)CCCC2)n1. The zero-order valence-corrected chi connectivity index (χ0v) is 11.8. The lowest BCUT2D eigenvalue weighted by atomic mass is 9.85. The first-order valence-corrected chi connectivity index (χ1v) is 7.06. The van der Waals surface area contributed by atoms with E-state index in [0.717, 1.165) is 24.0 Å². The molecule has 17 heavy (non-hydrogen) atoms. The maximum absolute atomic E-state index is 4.36. The molecule has 0 radical (unpaired) electrons. The molecule has 0 aliphatic heterocycles. The zero-order chi connectivity index (χ0) is 12.3. The molecule has 0 amide bonds. The summed E-state index contributed by atoms with van der Waals surface area (Å²) in [6.45, 7) is 4.13. The Bertz CT molecular complexity index is 355. The molecule has 0 unspecified atom stereocenters. The Morgan fingerprint density at radius 1 is 1.35 bits per heavy atom. The van der Waals surface area contributed by atoms with Gasteiger partial charge in [-0.05, 0) is 33.9 Å². The van der Waals surface area contributed by atoms with Gasteiger partial charge in [-0.3, -0.25) is 0 Å². The summed E-state index contributed by atoms with van der Waals surface area (Å²) in [6, 6.07) is 0. The summed E-state index contributed by atoms with van der Waals surface area (Å²) in [5.41, 5.74) is 0.434. The molecule has 96 valence electrons. The first kappa shape index (κ1) is 12.8. The van der Waals surface area contributed by atoms with Gasteiger partial charge in [0.05, 0.1) is 0 Å². The average molecular weight is 254 g/mol. The maximum Gasteiger partial charge on any atom is 0.202 e. The highest BCUT2D eigenvalue weighted by atomic mass is 32.1. The summed E-state index contributed by atoms with van der Waals surface area (Å²) >= 11 is 1.46. The second-order valence-corrected chi connectivity index (χ2v) is 6.20. The van der Waals surface area contributed by atoms with Gasteiger partial charge in [-0.2, -0.15) is 4.37 Å². The third kappa shape index (κ3) is 3.39. The lowest BCUT2D eigenvalue weighted by Gasteiger charge is -2.32. The number of nitrogens with one attached hydrogen (secondary N) is 1. The second kappa shape index (κ2) is 5.31. The van der Waals surface area contributed by atoms with Crippen LogP contribution in [0.1, 0.15) is 31.5 Å². The highest BCUT2D eigenvalue weighted by Crippen LogP contribution is 2.38. The number of rotatable bonds is 5. The fourth-order valence-electron chi connectivity index (χ4n) is 2.82. The number of nitrogens with zero attached hydrogens (tertiary/aromatic N) is 3. The standard InChI is InChI=1S/C12H22N4S/c1-10-14-11(17-15-10)13-8-12(9-16(2)3)6-4-5-7-12/h4-9H2,1-3H3,(H,13,14,15). The van der Waals surface area contributed by atoms with Crippen molar-refractivity contribution >= 4 is 16.7 Å². The van der Waals surface area contributed by atoms with Gasteiger partial charge in [0.2, 0.25) is 5.13 Å². The molecule has 0 aromatic carbocycles. The lowest BCUT2D eigenvalue weighted by molar-refractivity contribution is 0.215. The van der Waals surface area contributed by atoms with Gasteiger partial charge in [0.15, 0.2) is 0 Å². The van der Waals surface area contributed by atoms with E-state index in [9.17, 15) is 0 Å². The number of hydrogen-bond acceptors (Lipinski definition) is 5. The lowest BCUT2D eigenvalue weighted by Crippen LogP contribution is -2.37. The number of aromatic nitrogens is 2. The van der Waals surface area contributed by atoms with Gasteiger partial charge in [-0.1, -0.05) is 12.8 Å². The molecule has 1 aromatic heterocycles. The molecule has 1 aliphatic carbocycles. The van der Waals surface area contributed by atoms with Crippen molar-refractivity contribution in [2.45, 2.75) is 32.6 Å². The van der Waals surface area contributed by atoms with Crippen molar-refractivity contribution in [3.05, 3.63) is 5.82 Å². The summed E-state index contributed by atoms with van der Waals surface area (Å²) < 4.78 is 4.20. The van der Waals surface area contributed by atoms with Gasteiger partial charge in [0, 0.05) is 30.0 Å². The monoisotopic (exact) mass is 254 g/mol. The Labute approximate surface area is 108 Å². The van der Waals surface area contributed by atoms with Crippen LogP contribution in [0.2, 0.25) is 0 Å². The molecule has 5 heteroatoms. The van der Waals surface area contributed by atoms with E-state index in [2.05, 4.69) is 33.7 Å². The quantitative estimate of drug-likeness (QED) is 0.876. The molecule has 1 aliphatic rings. The van der Waals surface area contributed by atoms with Crippen LogP contribution >= 0.6 is 11.5 Å². The fourth-order valence-corrected chi connectivity index (χ4v) is 3.39. The van der Waals surface area contributed by atoms with E-state index in [1.807, 2.05) is 6.92 Å². The van der Waals surface area contributed by atoms with Gasteiger partial charge in [-0.25, -0.2) is 4.98 Å². The summed E-state index contributed by atoms with van der Waals surface area (Å²) in [4.78, 5) is 6.67. The molecule has 1 fully saturated rings. The number of anilines is 1. The van der Waals surface area contributed by atoms with Crippen molar-refractivity contribution in [3.8, 4) is 0 Å². The van der Waals surface area contributed by atoms with E-state index in [4.69, 9.17) is 0 Å². The van der Waals surface area contributed by atoms with Crippen molar-refractivity contribution < 1.29 is 0 Å². The van der Waals surface area contributed by atoms with E-state index < -0.39 is 0 Å². The minimum atomic E-state index is 0.434. The van der Waals surface area contributed by atoms with Crippen LogP contribution in [-0.4, -0.2) is 41.4 Å². The Morgan fingerprint density at radius 3 is 2.59 bits per heavy atom. The number of hydrogen-bond donors (Lipinski definition) is 1. The van der Waals surface area contributed by atoms with Crippen molar-refractivity contribution in [1.29, 1.82) is 0 Å². The highest BCUT2D eigenvalue weighted by Gasteiger charge is 2.34. The molecule has 2 rings (SSSR count). The van der Waals surface area contributed by atoms with Crippen molar-refractivity contribution in [2.75, 3.05) is 32.5 Å². The molecule has 0 atom stereocenters. The van der Waals surface area contributed by atoms with Crippen LogP contribution in [0.5, 0.6) is 0 Å². The minimum absolute atomic E-state index is 0.434. The Balaban J connectivity index is 1.94. The van der Waals surface area contributed by atoms with Crippen LogP contribution in [-0.2, 0) is 0 Å². The molecule has 1 heterocycles. The molecular formula is C12H22N4S. The average Bonchev–Trinajstić information content (AvgIpc) is 2.85. The first-order chi connectivity index (χ1) is 8.10. The molecule has 0 spiro atoms. The molecule has 1 saturated carbocycles. The molecule has 0 saturated heterocycles. The van der Waals surface area contributed by atoms with E-state index in [-0.39, 0.29) is 0 Å². The van der Waals surface area contributed by atoms with Crippen LogP contribution in [0.15, 0.2) is 0 Å². The van der Waals surface area contributed by atoms with E-state index in [1.54, 1.807) is 0 Å². The van der Waals surface area contributed by atoms with E-state index in [0.29, 0.717) is 5.41 Å². The second-order valence-electron chi connectivity index (χ2n) is 5.45. The van der Waals surface area contributed by atoms with Crippen molar-refractivity contribution in [2.24, 2.45) is 5.41 Å². The molecule has 1 aromatic rings. The molecular weight excluding hydrogens is 232 g/mol. The third-order valence-corrected chi connectivity index (χ3v) is 4.22. The summed E-state index contributed by atoms with van der Waals surface area (Å²) in [5.74, 6) is 0.866. The van der Waals surface area contributed by atoms with Crippen LogP contribution in [0, 0.1) is 12.3 Å². The Kier molecular flexibility index (Phi) is 3.99. The predicted molar refractivity (Wildman–Crippen MR) is 72.6 cm³/mol. The Hall–Kier alpha value is -0.680.